The van der Waals surface area contributed by atoms with E-state index < -0.39 is 11.6 Å². The zero-order valence-electron chi connectivity index (χ0n) is 11.3. The Balaban J connectivity index is 4.46. The first-order valence-electron chi connectivity index (χ1n) is 5.57. The average Bonchev–Trinajstić information content (AvgIpc) is 2.08. The number of urea groups is 1. The monoisotopic (exact) mass is 232 g/mol. The van der Waals surface area contributed by atoms with Crippen molar-refractivity contribution in [2.24, 2.45) is 0 Å². The fourth-order valence-electron chi connectivity index (χ4n) is 0.931. The normalized spacial score (nSPS) is 12.1. The summed E-state index contributed by atoms with van der Waals surface area (Å²) < 4.78 is 0. The Labute approximate surface area is 98.0 Å². The van der Waals surface area contributed by atoms with Crippen LogP contribution in [0.25, 0.3) is 0 Å². The maximum Gasteiger partial charge on any atom is 0.365 e. The van der Waals surface area contributed by atoms with Crippen LogP contribution >= 0.6 is 0 Å². The molecule has 0 rings (SSSR count). The third kappa shape index (κ3) is 5.92. The van der Waals surface area contributed by atoms with Crippen molar-refractivity contribution in [2.75, 3.05) is 0 Å². The van der Waals surface area contributed by atoms with Gasteiger partial charge in [-0.05, 0) is 48.5 Å². The highest BCUT2D eigenvalue weighted by Gasteiger charge is 2.29. The number of carbonyl (C=O) groups excluding carboxylic acids is 1. The van der Waals surface area contributed by atoms with Gasteiger partial charge in [-0.3, -0.25) is 9.68 Å². The molecule has 0 fully saturated rings. The summed E-state index contributed by atoms with van der Waals surface area (Å²) in [6, 6.07) is -0.394. The summed E-state index contributed by atoms with van der Waals surface area (Å²) in [5.41, 5.74) is 1.93. The SMILES string of the molecule is CC(C)ONC(=O)N(OC(C)C)C(C)(C)C. The van der Waals surface area contributed by atoms with Gasteiger partial charge in [0, 0.05) is 0 Å². The molecular formula is C11H24N2O3. The molecule has 0 aromatic rings. The molecule has 5 nitrogen and oxygen atoms in total. The third-order valence-corrected chi connectivity index (χ3v) is 1.49. The Hall–Kier alpha value is -0.810. The molecular weight excluding hydrogens is 208 g/mol. The summed E-state index contributed by atoms with van der Waals surface area (Å²) in [5, 5.41) is 1.29. The number of nitrogens with zero attached hydrogens (tertiary/aromatic N) is 1. The highest BCUT2D eigenvalue weighted by molar-refractivity contribution is 5.72. The fraction of sp³-hybridized carbons (Fsp3) is 0.909. The minimum atomic E-state index is -0.422. The van der Waals surface area contributed by atoms with Crippen LogP contribution in [0.4, 0.5) is 4.79 Å². The Morgan fingerprint density at radius 2 is 1.62 bits per heavy atom. The van der Waals surface area contributed by atoms with Gasteiger partial charge in [0.1, 0.15) is 0 Å². The van der Waals surface area contributed by atoms with E-state index in [0.29, 0.717) is 0 Å². The molecule has 0 aliphatic rings. The second-order valence-electron chi connectivity index (χ2n) is 5.19. The van der Waals surface area contributed by atoms with E-state index in [9.17, 15) is 4.79 Å². The Morgan fingerprint density at radius 1 is 1.12 bits per heavy atom. The van der Waals surface area contributed by atoms with Gasteiger partial charge in [0.15, 0.2) is 0 Å². The van der Waals surface area contributed by atoms with Crippen LogP contribution in [0.3, 0.4) is 0 Å². The molecule has 0 heterocycles. The van der Waals surface area contributed by atoms with Crippen LogP contribution in [0, 0.1) is 0 Å². The maximum atomic E-state index is 11.8. The Morgan fingerprint density at radius 3 is 1.94 bits per heavy atom. The molecule has 0 saturated carbocycles. The average molecular weight is 232 g/mol. The molecule has 0 radical (unpaired) electrons. The minimum Gasteiger partial charge on any atom is -0.269 e. The first-order valence-corrected chi connectivity index (χ1v) is 5.57. The predicted molar refractivity (Wildman–Crippen MR) is 62.6 cm³/mol. The molecule has 0 aliphatic carbocycles. The quantitative estimate of drug-likeness (QED) is 0.757. The number of hydrogen-bond acceptors (Lipinski definition) is 3. The molecule has 0 bridgehead atoms. The van der Waals surface area contributed by atoms with E-state index >= 15 is 0 Å². The van der Waals surface area contributed by atoms with Crippen molar-refractivity contribution < 1.29 is 14.5 Å². The van der Waals surface area contributed by atoms with Crippen molar-refractivity contribution in [1.82, 2.24) is 10.5 Å². The smallest absolute Gasteiger partial charge is 0.269 e. The fourth-order valence-corrected chi connectivity index (χ4v) is 0.931. The van der Waals surface area contributed by atoms with Crippen molar-refractivity contribution in [3.05, 3.63) is 0 Å². The number of hydrogen-bond donors (Lipinski definition) is 1. The summed E-state index contributed by atoms with van der Waals surface area (Å²) in [7, 11) is 0. The topological polar surface area (TPSA) is 50.8 Å². The molecule has 0 aliphatic heterocycles. The molecule has 0 aromatic carbocycles. The Bertz CT molecular complexity index is 222. The van der Waals surface area contributed by atoms with Crippen LogP contribution in [0.15, 0.2) is 0 Å². The van der Waals surface area contributed by atoms with E-state index in [2.05, 4.69) is 5.48 Å². The van der Waals surface area contributed by atoms with Crippen LogP contribution in [-0.2, 0) is 9.68 Å². The van der Waals surface area contributed by atoms with Gasteiger partial charge in [0.25, 0.3) is 0 Å². The van der Waals surface area contributed by atoms with Crippen molar-refractivity contribution in [3.63, 3.8) is 0 Å². The van der Waals surface area contributed by atoms with Gasteiger partial charge < -0.3 is 0 Å². The lowest BCUT2D eigenvalue weighted by atomic mass is 10.1. The van der Waals surface area contributed by atoms with Gasteiger partial charge >= 0.3 is 6.03 Å². The largest absolute Gasteiger partial charge is 0.365 e. The molecule has 0 atom stereocenters. The molecule has 0 spiro atoms. The molecule has 96 valence electrons. The van der Waals surface area contributed by atoms with Crippen LogP contribution in [-0.4, -0.2) is 28.8 Å². The lowest BCUT2D eigenvalue weighted by Gasteiger charge is -2.35. The number of hydroxylamine groups is 3. The molecule has 2 amide bonds. The van der Waals surface area contributed by atoms with Crippen molar-refractivity contribution in [3.8, 4) is 0 Å². The standard InChI is InChI=1S/C11H24N2O3/c1-8(2)15-12-10(14)13(11(5,6)7)16-9(3)4/h8-9H,1-7H3,(H,12,14). The van der Waals surface area contributed by atoms with Crippen molar-refractivity contribution in [2.45, 2.75) is 66.2 Å². The van der Waals surface area contributed by atoms with E-state index in [1.165, 1.54) is 5.06 Å². The highest BCUT2D eigenvalue weighted by Crippen LogP contribution is 2.15. The van der Waals surface area contributed by atoms with Gasteiger partial charge in [0.2, 0.25) is 0 Å². The summed E-state index contributed by atoms with van der Waals surface area (Å²) in [4.78, 5) is 22.3. The second kappa shape index (κ2) is 6.06. The summed E-state index contributed by atoms with van der Waals surface area (Å²) in [6.45, 7) is 13.1. The Kier molecular flexibility index (Phi) is 5.75. The maximum absolute atomic E-state index is 11.8. The van der Waals surface area contributed by atoms with Crippen LogP contribution < -0.4 is 5.48 Å². The van der Waals surface area contributed by atoms with Gasteiger partial charge in [-0.2, -0.15) is 5.06 Å². The first kappa shape index (κ1) is 15.2. The van der Waals surface area contributed by atoms with E-state index in [-0.39, 0.29) is 12.2 Å². The third-order valence-electron chi connectivity index (χ3n) is 1.49. The zero-order valence-corrected chi connectivity index (χ0v) is 11.3. The number of rotatable bonds is 4. The van der Waals surface area contributed by atoms with Crippen LogP contribution in [0.5, 0.6) is 0 Å². The first-order chi connectivity index (χ1) is 7.14. The second-order valence-corrected chi connectivity index (χ2v) is 5.19. The van der Waals surface area contributed by atoms with E-state index in [1.807, 2.05) is 48.5 Å². The minimum absolute atomic E-state index is 0.0650. The van der Waals surface area contributed by atoms with Gasteiger partial charge in [-0.25, -0.2) is 10.3 Å². The molecule has 0 saturated heterocycles. The summed E-state index contributed by atoms with van der Waals surface area (Å²) >= 11 is 0. The van der Waals surface area contributed by atoms with Crippen LogP contribution in [0.2, 0.25) is 0 Å². The molecule has 5 heteroatoms. The van der Waals surface area contributed by atoms with Gasteiger partial charge in [-0.1, -0.05) is 0 Å². The zero-order chi connectivity index (χ0) is 12.9. The van der Waals surface area contributed by atoms with E-state index in [4.69, 9.17) is 9.68 Å². The van der Waals surface area contributed by atoms with Crippen molar-refractivity contribution in [1.29, 1.82) is 0 Å². The highest BCUT2D eigenvalue weighted by atomic mass is 16.7. The lowest BCUT2D eigenvalue weighted by Crippen LogP contribution is -2.51. The van der Waals surface area contributed by atoms with Crippen molar-refractivity contribution >= 4 is 6.03 Å². The van der Waals surface area contributed by atoms with Gasteiger partial charge in [0.05, 0.1) is 17.7 Å². The predicted octanol–water partition coefficient (Wildman–Crippen LogP) is 2.48. The summed E-state index contributed by atoms with van der Waals surface area (Å²) in [6.07, 6.45) is -0.131. The number of nitrogens with one attached hydrogen (secondary N) is 1. The van der Waals surface area contributed by atoms with E-state index in [1.54, 1.807) is 0 Å². The van der Waals surface area contributed by atoms with E-state index in [0.717, 1.165) is 0 Å². The van der Waals surface area contributed by atoms with Gasteiger partial charge in [-0.15, -0.1) is 0 Å². The number of carbonyl (C=O) groups is 1. The number of amides is 2. The molecule has 0 aromatic heterocycles. The molecule has 0 unspecified atom stereocenters. The lowest BCUT2D eigenvalue weighted by molar-refractivity contribution is -0.200. The molecule has 1 N–H and O–H groups in total. The summed E-state index contributed by atoms with van der Waals surface area (Å²) in [5.74, 6) is 0. The molecule has 16 heavy (non-hydrogen) atoms. The van der Waals surface area contributed by atoms with Crippen LogP contribution in [0.1, 0.15) is 48.5 Å².